The summed E-state index contributed by atoms with van der Waals surface area (Å²) in [5.41, 5.74) is 3.86. The van der Waals surface area contributed by atoms with Gasteiger partial charge in [0.2, 0.25) is 0 Å². The maximum Gasteiger partial charge on any atom is 0.310 e. The van der Waals surface area contributed by atoms with Crippen LogP contribution in [-0.4, -0.2) is 37.1 Å². The molecule has 2 aliphatic rings. The number of benzene rings is 1. The van der Waals surface area contributed by atoms with Gasteiger partial charge in [0.15, 0.2) is 0 Å². The van der Waals surface area contributed by atoms with E-state index >= 15 is 0 Å². The third kappa shape index (κ3) is 3.13. The number of hydrogen-bond donors (Lipinski definition) is 0. The molecule has 0 spiro atoms. The van der Waals surface area contributed by atoms with Crippen molar-refractivity contribution in [2.45, 2.75) is 37.8 Å². The van der Waals surface area contributed by atoms with Gasteiger partial charge >= 0.3 is 5.97 Å². The standard InChI is InChI=1S/C21H25NO2S/c1-22-18-7-8-19(22)20(21(23)24-2)17(12-18)11-14-3-5-15(6-4-14)16-9-10-25-13-16/h3-6,9-10,13,17-20H,7-8,11-12H2,1-2H3/t17-,18-,19+,20-/m0/s1. The zero-order chi connectivity index (χ0) is 17.4. The van der Waals surface area contributed by atoms with Crippen molar-refractivity contribution in [3.8, 4) is 11.1 Å². The van der Waals surface area contributed by atoms with E-state index < -0.39 is 0 Å². The Labute approximate surface area is 153 Å². The van der Waals surface area contributed by atoms with Gasteiger partial charge in [0.05, 0.1) is 13.0 Å². The lowest BCUT2D eigenvalue weighted by molar-refractivity contribution is -0.152. The van der Waals surface area contributed by atoms with Crippen molar-refractivity contribution in [1.29, 1.82) is 0 Å². The molecule has 2 bridgehead atoms. The predicted molar refractivity (Wildman–Crippen MR) is 102 cm³/mol. The number of fused-ring (bicyclic) bond motifs is 2. The van der Waals surface area contributed by atoms with E-state index in [0.29, 0.717) is 18.0 Å². The van der Waals surface area contributed by atoms with E-state index in [9.17, 15) is 4.79 Å². The Morgan fingerprint density at radius 2 is 2.00 bits per heavy atom. The molecule has 2 aliphatic heterocycles. The van der Waals surface area contributed by atoms with Crippen LogP contribution in [0, 0.1) is 11.8 Å². The summed E-state index contributed by atoms with van der Waals surface area (Å²) in [7, 11) is 3.69. The first-order chi connectivity index (χ1) is 12.2. The lowest BCUT2D eigenvalue weighted by atomic mass is 9.77. The SMILES string of the molecule is COC(=O)[C@H]1[C@@H](Cc2ccc(-c3ccsc3)cc2)C[C@@H]2CC[C@H]1N2C. The Bertz CT molecular complexity index is 725. The van der Waals surface area contributed by atoms with Crippen LogP contribution in [0.1, 0.15) is 24.8 Å². The van der Waals surface area contributed by atoms with Crippen LogP contribution >= 0.6 is 11.3 Å². The number of thiophene rings is 1. The summed E-state index contributed by atoms with van der Waals surface area (Å²) in [5.74, 6) is 0.357. The van der Waals surface area contributed by atoms with Crippen LogP contribution in [-0.2, 0) is 16.0 Å². The Kier molecular flexibility index (Phi) is 4.65. The van der Waals surface area contributed by atoms with Crippen LogP contribution in [0.3, 0.4) is 0 Å². The van der Waals surface area contributed by atoms with Gasteiger partial charge in [-0.1, -0.05) is 24.3 Å². The molecule has 0 saturated carbocycles. The second-order valence-corrected chi connectivity index (χ2v) is 8.20. The number of carbonyl (C=O) groups is 1. The fourth-order valence-electron chi connectivity index (χ4n) is 4.83. The van der Waals surface area contributed by atoms with Crippen molar-refractivity contribution in [1.82, 2.24) is 4.90 Å². The largest absolute Gasteiger partial charge is 0.469 e. The van der Waals surface area contributed by atoms with E-state index in [4.69, 9.17) is 4.74 Å². The minimum absolute atomic E-state index is 0.00491. The van der Waals surface area contributed by atoms with Crippen molar-refractivity contribution in [3.63, 3.8) is 0 Å². The molecule has 132 valence electrons. The van der Waals surface area contributed by atoms with E-state index in [1.165, 1.54) is 30.2 Å². The summed E-state index contributed by atoms with van der Waals surface area (Å²) in [6.07, 6.45) is 4.39. The highest BCUT2D eigenvalue weighted by Gasteiger charge is 2.48. The molecular formula is C21H25NO2S. The maximum absolute atomic E-state index is 12.5. The van der Waals surface area contributed by atoms with Gasteiger partial charge in [-0.2, -0.15) is 11.3 Å². The summed E-state index contributed by atoms with van der Waals surface area (Å²) < 4.78 is 5.16. The highest BCUT2D eigenvalue weighted by atomic mass is 32.1. The summed E-state index contributed by atoms with van der Waals surface area (Å²) in [6, 6.07) is 12.0. The monoisotopic (exact) mass is 355 g/mol. The van der Waals surface area contributed by atoms with Crippen LogP contribution in [0.25, 0.3) is 11.1 Å². The highest BCUT2D eigenvalue weighted by molar-refractivity contribution is 7.08. The van der Waals surface area contributed by atoms with Crippen LogP contribution < -0.4 is 0 Å². The number of ether oxygens (including phenoxy) is 1. The number of piperidine rings is 1. The van der Waals surface area contributed by atoms with Gasteiger partial charge in [0.1, 0.15) is 0 Å². The summed E-state index contributed by atoms with van der Waals surface area (Å²) in [6.45, 7) is 0. The molecule has 2 fully saturated rings. The van der Waals surface area contributed by atoms with Crippen molar-refractivity contribution in [2.75, 3.05) is 14.2 Å². The fraction of sp³-hybridized carbons (Fsp3) is 0.476. The molecule has 3 nitrogen and oxygen atoms in total. The van der Waals surface area contributed by atoms with Crippen molar-refractivity contribution in [3.05, 3.63) is 46.7 Å². The van der Waals surface area contributed by atoms with E-state index in [0.717, 1.165) is 19.3 Å². The van der Waals surface area contributed by atoms with Crippen LogP contribution in [0.15, 0.2) is 41.1 Å². The molecule has 0 radical (unpaired) electrons. The van der Waals surface area contributed by atoms with Gasteiger partial charge in [-0.15, -0.1) is 0 Å². The topological polar surface area (TPSA) is 29.5 Å². The number of rotatable bonds is 4. The Balaban J connectivity index is 1.53. The average Bonchev–Trinajstić information content (AvgIpc) is 3.23. The van der Waals surface area contributed by atoms with Crippen LogP contribution in [0.4, 0.5) is 0 Å². The molecule has 2 aromatic rings. The molecule has 0 unspecified atom stereocenters. The number of nitrogens with zero attached hydrogens (tertiary/aromatic N) is 1. The summed E-state index contributed by atoms with van der Waals surface area (Å²) in [4.78, 5) is 14.9. The average molecular weight is 356 g/mol. The number of carbonyl (C=O) groups excluding carboxylic acids is 1. The molecule has 4 atom stereocenters. The van der Waals surface area contributed by atoms with Gasteiger partial charge in [-0.05, 0) is 72.2 Å². The molecule has 3 heterocycles. The predicted octanol–water partition coefficient (Wildman–Crippen LogP) is 4.23. The second kappa shape index (κ2) is 6.93. The summed E-state index contributed by atoms with van der Waals surface area (Å²) in [5, 5.41) is 4.29. The van der Waals surface area contributed by atoms with Crippen LogP contribution in [0.5, 0.6) is 0 Å². The van der Waals surface area contributed by atoms with Crippen molar-refractivity contribution >= 4 is 17.3 Å². The first kappa shape index (κ1) is 16.8. The number of esters is 1. The molecule has 2 saturated heterocycles. The molecule has 0 aliphatic carbocycles. The Morgan fingerprint density at radius 1 is 1.20 bits per heavy atom. The maximum atomic E-state index is 12.5. The molecule has 1 aromatic carbocycles. The third-order valence-electron chi connectivity index (χ3n) is 6.17. The molecule has 0 N–H and O–H groups in total. The first-order valence-corrected chi connectivity index (χ1v) is 10.0. The minimum atomic E-state index is -0.0305. The van der Waals surface area contributed by atoms with Gasteiger partial charge in [0, 0.05) is 12.1 Å². The van der Waals surface area contributed by atoms with E-state index in [1.54, 1.807) is 11.3 Å². The van der Waals surface area contributed by atoms with Gasteiger partial charge in [0.25, 0.3) is 0 Å². The Morgan fingerprint density at radius 3 is 2.68 bits per heavy atom. The highest BCUT2D eigenvalue weighted by Crippen LogP contribution is 2.43. The van der Waals surface area contributed by atoms with Gasteiger partial charge in [-0.25, -0.2) is 0 Å². The minimum Gasteiger partial charge on any atom is -0.469 e. The molecular weight excluding hydrogens is 330 g/mol. The third-order valence-corrected chi connectivity index (χ3v) is 6.85. The van der Waals surface area contributed by atoms with Gasteiger partial charge in [-0.3, -0.25) is 9.69 Å². The molecule has 4 rings (SSSR count). The molecule has 1 aromatic heterocycles. The normalized spacial score (nSPS) is 28.9. The zero-order valence-electron chi connectivity index (χ0n) is 14.9. The summed E-state index contributed by atoms with van der Waals surface area (Å²) >= 11 is 1.72. The molecule has 0 amide bonds. The van der Waals surface area contributed by atoms with Crippen molar-refractivity contribution in [2.24, 2.45) is 11.8 Å². The Hall–Kier alpha value is -1.65. The van der Waals surface area contributed by atoms with Crippen LogP contribution in [0.2, 0.25) is 0 Å². The van der Waals surface area contributed by atoms with Gasteiger partial charge < -0.3 is 4.74 Å². The smallest absolute Gasteiger partial charge is 0.310 e. The lowest BCUT2D eigenvalue weighted by Crippen LogP contribution is -2.50. The van der Waals surface area contributed by atoms with E-state index in [2.05, 4.69) is 53.0 Å². The zero-order valence-corrected chi connectivity index (χ0v) is 15.7. The quantitative estimate of drug-likeness (QED) is 0.769. The number of hydrogen-bond acceptors (Lipinski definition) is 4. The van der Waals surface area contributed by atoms with Crippen molar-refractivity contribution < 1.29 is 9.53 Å². The number of methoxy groups -OCH3 is 1. The fourth-order valence-corrected chi connectivity index (χ4v) is 5.49. The van der Waals surface area contributed by atoms with E-state index in [1.807, 2.05) is 0 Å². The first-order valence-electron chi connectivity index (χ1n) is 9.08. The second-order valence-electron chi connectivity index (χ2n) is 7.42. The van der Waals surface area contributed by atoms with E-state index in [-0.39, 0.29) is 11.9 Å². The molecule has 4 heteroatoms. The lowest BCUT2D eigenvalue weighted by Gasteiger charge is -2.41. The molecule has 25 heavy (non-hydrogen) atoms.